The van der Waals surface area contributed by atoms with Gasteiger partial charge in [0.2, 0.25) is 5.91 Å². The van der Waals surface area contributed by atoms with Crippen molar-refractivity contribution in [3.05, 3.63) is 47.8 Å². The lowest BCUT2D eigenvalue weighted by Gasteiger charge is -2.08. The van der Waals surface area contributed by atoms with Gasteiger partial charge in [0.15, 0.2) is 11.6 Å². The number of benzene rings is 1. The standard InChI is InChI=1S/C17H19F2N3O2/c18-15-5-1-3-12(17(15)19)6-7-16(23)21-13-9-20-22(10-13)11-14-4-2-8-24-14/h1,3,5,9-10,14H,2,4,6-8,11H2,(H,21,23). The van der Waals surface area contributed by atoms with Gasteiger partial charge in [0.05, 0.1) is 24.5 Å². The Balaban J connectivity index is 1.49. The molecule has 2 heterocycles. The molecule has 1 aromatic heterocycles. The van der Waals surface area contributed by atoms with Crippen LogP contribution in [0, 0.1) is 11.6 Å². The van der Waals surface area contributed by atoms with Crippen LogP contribution in [0.2, 0.25) is 0 Å². The number of hydrogen-bond donors (Lipinski definition) is 1. The first kappa shape index (κ1) is 16.6. The minimum atomic E-state index is -0.900. The third kappa shape index (κ3) is 4.17. The summed E-state index contributed by atoms with van der Waals surface area (Å²) < 4.78 is 33.9. The Morgan fingerprint density at radius 2 is 2.29 bits per heavy atom. The fourth-order valence-corrected chi connectivity index (χ4v) is 2.74. The lowest BCUT2D eigenvalue weighted by Crippen LogP contribution is -2.15. The number of amides is 1. The molecule has 1 fully saturated rings. The highest BCUT2D eigenvalue weighted by molar-refractivity contribution is 5.90. The van der Waals surface area contributed by atoms with E-state index in [9.17, 15) is 13.6 Å². The summed E-state index contributed by atoms with van der Waals surface area (Å²) in [6.07, 6.45) is 5.76. The van der Waals surface area contributed by atoms with Gasteiger partial charge in [0.25, 0.3) is 0 Å². The molecule has 1 aliphatic heterocycles. The van der Waals surface area contributed by atoms with E-state index >= 15 is 0 Å². The second-order valence-corrected chi connectivity index (χ2v) is 5.85. The Morgan fingerprint density at radius 1 is 1.42 bits per heavy atom. The van der Waals surface area contributed by atoms with Gasteiger partial charge in [0, 0.05) is 19.2 Å². The topological polar surface area (TPSA) is 56.2 Å². The van der Waals surface area contributed by atoms with Crippen molar-refractivity contribution in [3.63, 3.8) is 0 Å². The fraction of sp³-hybridized carbons (Fsp3) is 0.412. The van der Waals surface area contributed by atoms with Crippen LogP contribution in [0.1, 0.15) is 24.8 Å². The summed E-state index contributed by atoms with van der Waals surface area (Å²) in [5.74, 6) is -2.06. The van der Waals surface area contributed by atoms with Crippen molar-refractivity contribution in [2.45, 2.75) is 38.3 Å². The number of aromatic nitrogens is 2. The Labute approximate surface area is 138 Å². The second-order valence-electron chi connectivity index (χ2n) is 5.85. The zero-order valence-corrected chi connectivity index (χ0v) is 13.2. The summed E-state index contributed by atoms with van der Waals surface area (Å²) in [5.41, 5.74) is 0.775. The molecular weight excluding hydrogens is 316 g/mol. The second kappa shape index (κ2) is 7.53. The Morgan fingerprint density at radius 3 is 3.08 bits per heavy atom. The van der Waals surface area contributed by atoms with E-state index in [1.807, 2.05) is 0 Å². The monoisotopic (exact) mass is 335 g/mol. The lowest BCUT2D eigenvalue weighted by atomic mass is 10.1. The number of nitrogens with zero attached hydrogens (tertiary/aromatic N) is 2. The number of carbonyl (C=O) groups is 1. The van der Waals surface area contributed by atoms with Crippen molar-refractivity contribution in [2.75, 3.05) is 11.9 Å². The minimum Gasteiger partial charge on any atom is -0.376 e. The van der Waals surface area contributed by atoms with Crippen LogP contribution in [-0.2, 0) is 22.5 Å². The van der Waals surface area contributed by atoms with Gasteiger partial charge in [-0.05, 0) is 30.9 Å². The highest BCUT2D eigenvalue weighted by atomic mass is 19.2. The summed E-state index contributed by atoms with van der Waals surface area (Å²) in [5, 5.41) is 6.90. The number of halogens is 2. The van der Waals surface area contributed by atoms with Gasteiger partial charge in [0.1, 0.15) is 0 Å². The normalized spacial score (nSPS) is 17.2. The van der Waals surface area contributed by atoms with Gasteiger partial charge in [-0.1, -0.05) is 12.1 Å². The van der Waals surface area contributed by atoms with Crippen LogP contribution in [0.15, 0.2) is 30.6 Å². The number of ether oxygens (including phenoxy) is 1. The number of nitrogens with one attached hydrogen (secondary N) is 1. The van der Waals surface area contributed by atoms with Crippen LogP contribution in [0.25, 0.3) is 0 Å². The first-order chi connectivity index (χ1) is 11.6. The van der Waals surface area contributed by atoms with E-state index in [4.69, 9.17) is 4.74 Å². The van der Waals surface area contributed by atoms with Gasteiger partial charge in [-0.3, -0.25) is 9.48 Å². The molecule has 1 saturated heterocycles. The quantitative estimate of drug-likeness (QED) is 0.883. The molecule has 1 N–H and O–H groups in total. The maximum absolute atomic E-state index is 13.5. The van der Waals surface area contributed by atoms with E-state index in [2.05, 4.69) is 10.4 Å². The summed E-state index contributed by atoms with van der Waals surface area (Å²) in [6, 6.07) is 3.97. The Kier molecular flexibility index (Phi) is 5.20. The summed E-state index contributed by atoms with van der Waals surface area (Å²) in [7, 11) is 0. The molecule has 3 rings (SSSR count). The van der Waals surface area contributed by atoms with Crippen molar-refractivity contribution >= 4 is 11.6 Å². The first-order valence-electron chi connectivity index (χ1n) is 7.98. The van der Waals surface area contributed by atoms with Gasteiger partial charge in [-0.2, -0.15) is 5.10 Å². The number of anilines is 1. The zero-order chi connectivity index (χ0) is 16.9. The molecule has 0 spiro atoms. The lowest BCUT2D eigenvalue weighted by molar-refractivity contribution is -0.116. The van der Waals surface area contributed by atoms with Gasteiger partial charge in [-0.25, -0.2) is 8.78 Å². The molecule has 7 heteroatoms. The Bertz CT molecular complexity index is 712. The number of hydrogen-bond acceptors (Lipinski definition) is 3. The molecule has 1 atom stereocenters. The van der Waals surface area contributed by atoms with Crippen molar-refractivity contribution in [2.24, 2.45) is 0 Å². The largest absolute Gasteiger partial charge is 0.376 e. The van der Waals surface area contributed by atoms with E-state index in [1.165, 1.54) is 12.1 Å². The summed E-state index contributed by atoms with van der Waals surface area (Å²) in [4.78, 5) is 11.9. The van der Waals surface area contributed by atoms with Gasteiger partial charge >= 0.3 is 0 Å². The maximum Gasteiger partial charge on any atom is 0.224 e. The Hall–Kier alpha value is -2.28. The van der Waals surface area contributed by atoms with E-state index < -0.39 is 11.6 Å². The molecule has 1 amide bonds. The van der Waals surface area contributed by atoms with Crippen LogP contribution < -0.4 is 5.32 Å². The van der Waals surface area contributed by atoms with Crippen LogP contribution in [-0.4, -0.2) is 28.4 Å². The van der Waals surface area contributed by atoms with E-state index in [0.29, 0.717) is 12.2 Å². The van der Waals surface area contributed by atoms with Crippen LogP contribution in [0.5, 0.6) is 0 Å². The molecule has 0 bridgehead atoms. The maximum atomic E-state index is 13.5. The van der Waals surface area contributed by atoms with E-state index in [1.54, 1.807) is 17.1 Å². The van der Waals surface area contributed by atoms with Crippen molar-refractivity contribution in [1.82, 2.24) is 9.78 Å². The molecule has 2 aromatic rings. The molecule has 1 aliphatic rings. The van der Waals surface area contributed by atoms with Crippen molar-refractivity contribution < 1.29 is 18.3 Å². The zero-order valence-electron chi connectivity index (χ0n) is 13.2. The number of carbonyl (C=O) groups excluding carboxylic acids is 1. The number of aryl methyl sites for hydroxylation is 1. The van der Waals surface area contributed by atoms with Crippen LogP contribution in [0.4, 0.5) is 14.5 Å². The molecule has 24 heavy (non-hydrogen) atoms. The predicted octanol–water partition coefficient (Wildman–Crippen LogP) is 2.91. The average Bonchev–Trinajstić information content (AvgIpc) is 3.21. The fourth-order valence-electron chi connectivity index (χ4n) is 2.74. The minimum absolute atomic E-state index is 0.0668. The van der Waals surface area contributed by atoms with Crippen LogP contribution >= 0.6 is 0 Å². The van der Waals surface area contributed by atoms with Gasteiger partial charge in [-0.15, -0.1) is 0 Å². The van der Waals surface area contributed by atoms with Crippen molar-refractivity contribution in [1.29, 1.82) is 0 Å². The third-order valence-electron chi connectivity index (χ3n) is 3.98. The van der Waals surface area contributed by atoms with E-state index in [-0.39, 0.29) is 30.4 Å². The highest BCUT2D eigenvalue weighted by Gasteiger charge is 2.16. The molecule has 1 unspecified atom stereocenters. The molecule has 0 radical (unpaired) electrons. The highest BCUT2D eigenvalue weighted by Crippen LogP contribution is 2.16. The predicted molar refractivity (Wildman–Crippen MR) is 84.5 cm³/mol. The molecule has 0 aliphatic carbocycles. The summed E-state index contributed by atoms with van der Waals surface area (Å²) >= 11 is 0. The molecule has 1 aromatic carbocycles. The molecular formula is C17H19F2N3O2. The average molecular weight is 335 g/mol. The third-order valence-corrected chi connectivity index (χ3v) is 3.98. The van der Waals surface area contributed by atoms with Crippen molar-refractivity contribution in [3.8, 4) is 0 Å². The van der Waals surface area contributed by atoms with Gasteiger partial charge < -0.3 is 10.1 Å². The van der Waals surface area contributed by atoms with E-state index in [0.717, 1.165) is 25.5 Å². The summed E-state index contributed by atoms with van der Waals surface area (Å²) in [6.45, 7) is 1.44. The first-order valence-corrected chi connectivity index (χ1v) is 7.98. The number of rotatable bonds is 6. The van der Waals surface area contributed by atoms with Crippen LogP contribution in [0.3, 0.4) is 0 Å². The molecule has 0 saturated carbocycles. The SMILES string of the molecule is O=C(CCc1cccc(F)c1F)Nc1cnn(CC2CCCO2)c1. The molecule has 128 valence electrons. The molecule has 5 nitrogen and oxygen atoms in total. The smallest absolute Gasteiger partial charge is 0.224 e.